The summed E-state index contributed by atoms with van der Waals surface area (Å²) in [5.74, 6) is 0.498. The topological polar surface area (TPSA) is 74.7 Å². The quantitative estimate of drug-likeness (QED) is 0.345. The number of nitrogens with zero attached hydrogens (tertiary/aromatic N) is 3. The first kappa shape index (κ1) is 23.1. The molecule has 1 heterocycles. The van der Waals surface area contributed by atoms with E-state index in [9.17, 15) is 8.42 Å². The zero-order valence-electron chi connectivity index (χ0n) is 18.2. The average Bonchev–Trinajstić information content (AvgIpc) is 3.24. The summed E-state index contributed by atoms with van der Waals surface area (Å²) in [4.78, 5) is 4.82. The fourth-order valence-electron chi connectivity index (χ4n) is 3.12. The summed E-state index contributed by atoms with van der Waals surface area (Å²) in [5.41, 5.74) is 6.71. The molecule has 0 unspecified atom stereocenters. The number of sulfonamides is 1. The third-order valence-electron chi connectivity index (χ3n) is 4.95. The van der Waals surface area contributed by atoms with E-state index in [0.717, 1.165) is 11.1 Å². The minimum absolute atomic E-state index is 0.277. The van der Waals surface area contributed by atoms with Gasteiger partial charge in [-0.05, 0) is 29.2 Å². The molecule has 2 aromatic carbocycles. The fourth-order valence-corrected chi connectivity index (χ4v) is 5.29. The van der Waals surface area contributed by atoms with Crippen molar-refractivity contribution >= 4 is 32.7 Å². The average molecular weight is 457 g/mol. The van der Waals surface area contributed by atoms with Crippen LogP contribution in [0, 0.1) is 0 Å². The van der Waals surface area contributed by atoms with E-state index >= 15 is 0 Å². The van der Waals surface area contributed by atoms with Crippen molar-refractivity contribution in [2.24, 2.45) is 5.10 Å². The van der Waals surface area contributed by atoms with Gasteiger partial charge in [-0.1, -0.05) is 64.1 Å². The van der Waals surface area contributed by atoms with Crippen LogP contribution in [-0.2, 0) is 10.0 Å². The van der Waals surface area contributed by atoms with E-state index in [1.165, 1.54) is 21.2 Å². The van der Waals surface area contributed by atoms with Crippen LogP contribution in [0.1, 0.15) is 44.7 Å². The lowest BCUT2D eigenvalue weighted by Gasteiger charge is -2.18. The Morgan fingerprint density at radius 3 is 2.48 bits per heavy atom. The van der Waals surface area contributed by atoms with Crippen molar-refractivity contribution in [1.29, 1.82) is 0 Å². The Kier molecular flexibility index (Phi) is 7.59. The molecule has 0 aliphatic carbocycles. The molecule has 1 N–H and O–H groups in total. The molecule has 6 nitrogen and oxygen atoms in total. The number of hydrogen-bond acceptors (Lipinski definition) is 6. The third kappa shape index (κ3) is 5.58. The molecular formula is C23H28N4O2S2. The van der Waals surface area contributed by atoms with E-state index in [-0.39, 0.29) is 4.90 Å². The van der Waals surface area contributed by atoms with Crippen molar-refractivity contribution in [1.82, 2.24) is 9.29 Å². The molecule has 164 valence electrons. The van der Waals surface area contributed by atoms with Crippen molar-refractivity contribution in [2.75, 3.05) is 18.5 Å². The number of aromatic nitrogens is 1. The zero-order valence-corrected chi connectivity index (χ0v) is 19.9. The van der Waals surface area contributed by atoms with E-state index in [2.05, 4.69) is 41.5 Å². The van der Waals surface area contributed by atoms with Gasteiger partial charge in [0.05, 0.1) is 16.8 Å². The number of nitrogens with one attached hydrogen (secondary N) is 1. The molecule has 0 saturated heterocycles. The van der Waals surface area contributed by atoms with Crippen LogP contribution in [0.15, 0.2) is 63.9 Å². The summed E-state index contributed by atoms with van der Waals surface area (Å²) in [6, 6.07) is 15.2. The molecule has 1 aromatic heterocycles. The lowest BCUT2D eigenvalue weighted by Crippen LogP contribution is -2.30. The van der Waals surface area contributed by atoms with E-state index < -0.39 is 10.0 Å². The van der Waals surface area contributed by atoms with Crippen LogP contribution in [0.4, 0.5) is 5.13 Å². The van der Waals surface area contributed by atoms with Crippen LogP contribution < -0.4 is 5.43 Å². The van der Waals surface area contributed by atoms with Gasteiger partial charge in [-0.25, -0.2) is 13.4 Å². The maximum atomic E-state index is 12.8. The van der Waals surface area contributed by atoms with Crippen molar-refractivity contribution in [3.05, 3.63) is 65.0 Å². The molecular weight excluding hydrogens is 428 g/mol. The predicted molar refractivity (Wildman–Crippen MR) is 129 cm³/mol. The maximum absolute atomic E-state index is 12.8. The minimum atomic E-state index is -3.51. The SMILES string of the molecule is CCN(CC)S(=O)(=O)c1cccc(-c2csc(N/N=C/c3ccc(C(C)C)cc3)n2)c1. The Balaban J connectivity index is 1.72. The second-order valence-electron chi connectivity index (χ2n) is 7.35. The largest absolute Gasteiger partial charge is 0.253 e. The molecule has 0 amide bonds. The van der Waals surface area contributed by atoms with Gasteiger partial charge >= 0.3 is 0 Å². The standard InChI is InChI=1S/C23H28N4O2S2/c1-5-27(6-2)31(28,29)21-9-7-8-20(14-21)22-16-30-23(25-22)26-24-15-18-10-12-19(13-11-18)17(3)4/h7-17H,5-6H2,1-4H3,(H,25,26)/b24-15+. The first-order valence-corrected chi connectivity index (χ1v) is 12.6. The van der Waals surface area contributed by atoms with Gasteiger partial charge in [0.25, 0.3) is 0 Å². The lowest BCUT2D eigenvalue weighted by molar-refractivity contribution is 0.445. The van der Waals surface area contributed by atoms with Gasteiger partial charge in [-0.2, -0.15) is 9.41 Å². The van der Waals surface area contributed by atoms with Gasteiger partial charge in [-0.3, -0.25) is 5.43 Å². The molecule has 3 rings (SSSR count). The number of thiazole rings is 1. The summed E-state index contributed by atoms with van der Waals surface area (Å²) in [6.45, 7) is 8.88. The summed E-state index contributed by atoms with van der Waals surface area (Å²) >= 11 is 1.42. The highest BCUT2D eigenvalue weighted by atomic mass is 32.2. The van der Waals surface area contributed by atoms with Gasteiger partial charge in [0.15, 0.2) is 0 Å². The first-order chi connectivity index (χ1) is 14.8. The second-order valence-corrected chi connectivity index (χ2v) is 10.1. The number of hydrazone groups is 1. The molecule has 31 heavy (non-hydrogen) atoms. The number of anilines is 1. The first-order valence-electron chi connectivity index (χ1n) is 10.3. The second kappa shape index (κ2) is 10.2. The van der Waals surface area contributed by atoms with Crippen molar-refractivity contribution in [2.45, 2.75) is 38.5 Å². The number of rotatable bonds is 9. The summed E-state index contributed by atoms with van der Waals surface area (Å²) in [6.07, 6.45) is 1.75. The molecule has 8 heteroatoms. The molecule has 0 saturated carbocycles. The smallest absolute Gasteiger partial charge is 0.243 e. The van der Waals surface area contributed by atoms with Crippen molar-refractivity contribution < 1.29 is 8.42 Å². The van der Waals surface area contributed by atoms with Crippen molar-refractivity contribution in [3.8, 4) is 11.3 Å². The predicted octanol–water partition coefficient (Wildman–Crippen LogP) is 5.41. The zero-order chi connectivity index (χ0) is 22.4. The molecule has 0 fully saturated rings. The third-order valence-corrected chi connectivity index (χ3v) is 7.75. The van der Waals surface area contributed by atoms with E-state index in [0.29, 0.717) is 29.8 Å². The highest BCUT2D eigenvalue weighted by Gasteiger charge is 2.22. The van der Waals surface area contributed by atoms with Crippen LogP contribution in [0.5, 0.6) is 0 Å². The van der Waals surface area contributed by atoms with E-state index in [1.54, 1.807) is 24.4 Å². The molecule has 0 atom stereocenters. The van der Waals surface area contributed by atoms with Crippen LogP contribution in [0.2, 0.25) is 0 Å². The van der Waals surface area contributed by atoms with Crippen LogP contribution in [0.25, 0.3) is 11.3 Å². The molecule has 0 aliphatic heterocycles. The Bertz CT molecular complexity index is 1130. The van der Waals surface area contributed by atoms with E-state index in [1.807, 2.05) is 37.4 Å². The fraction of sp³-hybridized carbons (Fsp3) is 0.304. The summed E-state index contributed by atoms with van der Waals surface area (Å²) in [7, 11) is -3.51. The van der Waals surface area contributed by atoms with Gasteiger partial charge in [0, 0.05) is 24.0 Å². The Labute approximate surface area is 188 Å². The number of benzene rings is 2. The highest BCUT2D eigenvalue weighted by molar-refractivity contribution is 7.89. The van der Waals surface area contributed by atoms with Gasteiger partial charge in [0.1, 0.15) is 0 Å². The summed E-state index contributed by atoms with van der Waals surface area (Å²) < 4.78 is 27.0. The normalized spacial score (nSPS) is 12.2. The van der Waals surface area contributed by atoms with Crippen LogP contribution in [-0.4, -0.2) is 37.0 Å². The molecule has 0 spiro atoms. The van der Waals surface area contributed by atoms with Gasteiger partial charge in [-0.15, -0.1) is 11.3 Å². The minimum Gasteiger partial charge on any atom is -0.253 e. The molecule has 0 radical (unpaired) electrons. The Hall–Kier alpha value is -2.55. The van der Waals surface area contributed by atoms with E-state index in [4.69, 9.17) is 0 Å². The molecule has 0 aliphatic rings. The van der Waals surface area contributed by atoms with Gasteiger partial charge < -0.3 is 0 Å². The van der Waals surface area contributed by atoms with Crippen molar-refractivity contribution in [3.63, 3.8) is 0 Å². The monoisotopic (exact) mass is 456 g/mol. The Morgan fingerprint density at radius 2 is 1.84 bits per heavy atom. The lowest BCUT2D eigenvalue weighted by atomic mass is 10.0. The Morgan fingerprint density at radius 1 is 1.13 bits per heavy atom. The number of hydrogen-bond donors (Lipinski definition) is 1. The maximum Gasteiger partial charge on any atom is 0.243 e. The molecule has 0 bridgehead atoms. The highest BCUT2D eigenvalue weighted by Crippen LogP contribution is 2.27. The van der Waals surface area contributed by atoms with Crippen LogP contribution in [0.3, 0.4) is 0 Å². The molecule has 3 aromatic rings. The van der Waals surface area contributed by atoms with Gasteiger partial charge in [0.2, 0.25) is 15.2 Å². The van der Waals surface area contributed by atoms with Crippen LogP contribution >= 0.6 is 11.3 Å². The summed E-state index contributed by atoms with van der Waals surface area (Å²) in [5, 5.41) is 6.79.